The van der Waals surface area contributed by atoms with Crippen LogP contribution in [0.5, 0.6) is 5.75 Å². The largest absolute Gasteiger partial charge is 0.489 e. The Morgan fingerprint density at radius 3 is 2.61 bits per heavy atom. The standard InChI is InChI=1S/C24H21N5O2/c1-17-13-21(15-27-28-24(30)11-12-25)18(2)29(17)22-7-9-23(10-8-22)31-16-20-6-4-3-5-19(20)14-26/h3-10,13,15H,11,16H2,1-2H3,(H,28,30)/b27-15+. The fourth-order valence-corrected chi connectivity index (χ4v) is 3.21. The summed E-state index contributed by atoms with van der Waals surface area (Å²) in [5, 5.41) is 21.6. The van der Waals surface area contributed by atoms with Crippen LogP contribution in [0.2, 0.25) is 0 Å². The number of rotatable bonds is 7. The number of nitrogens with one attached hydrogen (secondary N) is 1. The molecule has 3 aromatic rings. The molecular weight excluding hydrogens is 390 g/mol. The number of aromatic nitrogens is 1. The summed E-state index contributed by atoms with van der Waals surface area (Å²) in [6.07, 6.45) is 1.34. The first kappa shape index (κ1) is 21.4. The summed E-state index contributed by atoms with van der Waals surface area (Å²) in [7, 11) is 0. The number of carbonyl (C=O) groups excluding carboxylic acids is 1. The van der Waals surface area contributed by atoms with E-state index >= 15 is 0 Å². The van der Waals surface area contributed by atoms with Crippen LogP contribution in [0.1, 0.15) is 34.5 Å². The van der Waals surface area contributed by atoms with Gasteiger partial charge in [-0.05, 0) is 50.2 Å². The lowest BCUT2D eigenvalue weighted by Gasteiger charge is -2.12. The van der Waals surface area contributed by atoms with Crippen LogP contribution in [-0.4, -0.2) is 16.7 Å². The van der Waals surface area contributed by atoms with Crippen molar-refractivity contribution in [2.24, 2.45) is 5.10 Å². The molecule has 0 radical (unpaired) electrons. The Kier molecular flexibility index (Phi) is 6.82. The molecule has 0 saturated heterocycles. The van der Waals surface area contributed by atoms with Gasteiger partial charge in [0.2, 0.25) is 0 Å². The number of nitrogens with zero attached hydrogens (tertiary/aromatic N) is 4. The molecule has 0 fully saturated rings. The van der Waals surface area contributed by atoms with E-state index in [0.29, 0.717) is 17.9 Å². The molecule has 0 aliphatic heterocycles. The van der Waals surface area contributed by atoms with E-state index in [4.69, 9.17) is 10.00 Å². The molecule has 1 amide bonds. The molecule has 3 rings (SSSR count). The van der Waals surface area contributed by atoms with E-state index in [2.05, 4.69) is 21.2 Å². The number of hydrogen-bond donors (Lipinski definition) is 1. The summed E-state index contributed by atoms with van der Waals surface area (Å²) in [4.78, 5) is 11.3. The smallest absolute Gasteiger partial charge is 0.254 e. The van der Waals surface area contributed by atoms with Gasteiger partial charge in [-0.3, -0.25) is 4.79 Å². The molecular formula is C24H21N5O2. The third-order valence-corrected chi connectivity index (χ3v) is 4.73. The summed E-state index contributed by atoms with van der Waals surface area (Å²) in [6, 6.07) is 21.0. The van der Waals surface area contributed by atoms with Crippen molar-refractivity contribution < 1.29 is 9.53 Å². The zero-order valence-electron chi connectivity index (χ0n) is 17.3. The minimum atomic E-state index is -0.444. The second-order valence-electron chi connectivity index (χ2n) is 6.84. The molecule has 0 spiro atoms. The van der Waals surface area contributed by atoms with Gasteiger partial charge in [-0.2, -0.15) is 15.6 Å². The SMILES string of the molecule is Cc1cc(/C=N/NC(=O)CC#N)c(C)n1-c1ccc(OCc2ccccc2C#N)cc1. The van der Waals surface area contributed by atoms with E-state index in [-0.39, 0.29) is 6.42 Å². The molecule has 1 aromatic heterocycles. The van der Waals surface area contributed by atoms with E-state index in [0.717, 1.165) is 28.2 Å². The van der Waals surface area contributed by atoms with E-state index < -0.39 is 5.91 Å². The number of nitriles is 2. The highest BCUT2D eigenvalue weighted by molar-refractivity contribution is 5.84. The molecule has 0 saturated carbocycles. The molecule has 31 heavy (non-hydrogen) atoms. The summed E-state index contributed by atoms with van der Waals surface area (Å²) < 4.78 is 7.92. The lowest BCUT2D eigenvalue weighted by molar-refractivity contribution is -0.120. The Balaban J connectivity index is 1.72. The summed E-state index contributed by atoms with van der Waals surface area (Å²) in [5.74, 6) is 0.265. The second-order valence-corrected chi connectivity index (χ2v) is 6.84. The highest BCUT2D eigenvalue weighted by Gasteiger charge is 2.10. The van der Waals surface area contributed by atoms with Crippen molar-refractivity contribution >= 4 is 12.1 Å². The Labute approximate surface area is 180 Å². The lowest BCUT2D eigenvalue weighted by Crippen LogP contribution is -2.16. The van der Waals surface area contributed by atoms with Crippen LogP contribution in [0.15, 0.2) is 59.7 Å². The van der Waals surface area contributed by atoms with Crippen molar-refractivity contribution in [2.75, 3.05) is 0 Å². The van der Waals surface area contributed by atoms with Gasteiger partial charge in [-0.1, -0.05) is 18.2 Å². The van der Waals surface area contributed by atoms with Crippen LogP contribution in [0.4, 0.5) is 0 Å². The summed E-state index contributed by atoms with van der Waals surface area (Å²) in [6.45, 7) is 4.28. The number of benzene rings is 2. The number of aryl methyl sites for hydroxylation is 1. The van der Waals surface area contributed by atoms with Crippen LogP contribution >= 0.6 is 0 Å². The molecule has 7 nitrogen and oxygen atoms in total. The van der Waals surface area contributed by atoms with Gasteiger partial charge in [0, 0.05) is 28.2 Å². The summed E-state index contributed by atoms with van der Waals surface area (Å²) in [5.41, 5.74) is 7.59. The molecule has 0 aliphatic carbocycles. The number of amides is 1. The average molecular weight is 411 g/mol. The van der Waals surface area contributed by atoms with Crippen molar-refractivity contribution in [3.63, 3.8) is 0 Å². The Hall–Kier alpha value is -4.36. The zero-order valence-corrected chi connectivity index (χ0v) is 17.3. The van der Waals surface area contributed by atoms with Gasteiger partial charge >= 0.3 is 0 Å². The minimum Gasteiger partial charge on any atom is -0.489 e. The van der Waals surface area contributed by atoms with E-state index in [1.54, 1.807) is 18.4 Å². The average Bonchev–Trinajstić information content (AvgIpc) is 3.06. The van der Waals surface area contributed by atoms with Gasteiger partial charge in [0.15, 0.2) is 0 Å². The number of ether oxygens (including phenoxy) is 1. The van der Waals surface area contributed by atoms with Gasteiger partial charge in [-0.15, -0.1) is 0 Å². The number of hydrogen-bond acceptors (Lipinski definition) is 5. The first-order valence-corrected chi connectivity index (χ1v) is 9.62. The third kappa shape index (κ3) is 5.17. The maximum absolute atomic E-state index is 11.3. The predicted octanol–water partition coefficient (Wildman–Crippen LogP) is 3.91. The molecule has 0 unspecified atom stereocenters. The Morgan fingerprint density at radius 2 is 1.90 bits per heavy atom. The normalized spacial score (nSPS) is 10.5. The molecule has 1 N–H and O–H groups in total. The zero-order chi connectivity index (χ0) is 22.2. The third-order valence-electron chi connectivity index (χ3n) is 4.73. The quantitative estimate of drug-likeness (QED) is 0.470. The van der Waals surface area contributed by atoms with Crippen molar-refractivity contribution in [1.82, 2.24) is 9.99 Å². The monoisotopic (exact) mass is 411 g/mol. The molecule has 7 heteroatoms. The van der Waals surface area contributed by atoms with Crippen LogP contribution in [0.25, 0.3) is 5.69 Å². The molecule has 1 heterocycles. The molecule has 2 aromatic carbocycles. The maximum Gasteiger partial charge on any atom is 0.254 e. The van der Waals surface area contributed by atoms with Gasteiger partial charge in [0.1, 0.15) is 18.8 Å². The van der Waals surface area contributed by atoms with Crippen LogP contribution in [-0.2, 0) is 11.4 Å². The van der Waals surface area contributed by atoms with Crippen LogP contribution in [0.3, 0.4) is 0 Å². The maximum atomic E-state index is 11.3. The molecule has 0 bridgehead atoms. The highest BCUT2D eigenvalue weighted by Crippen LogP contribution is 2.23. The second kappa shape index (κ2) is 9.91. The first-order valence-electron chi connectivity index (χ1n) is 9.62. The fraction of sp³-hybridized carbons (Fsp3) is 0.167. The van der Waals surface area contributed by atoms with Crippen LogP contribution in [0, 0.1) is 36.5 Å². The van der Waals surface area contributed by atoms with E-state index in [1.165, 1.54) is 0 Å². The van der Waals surface area contributed by atoms with Gasteiger partial charge < -0.3 is 9.30 Å². The van der Waals surface area contributed by atoms with E-state index in [9.17, 15) is 10.1 Å². The first-order chi connectivity index (χ1) is 15.0. The summed E-state index contributed by atoms with van der Waals surface area (Å²) >= 11 is 0. The van der Waals surface area contributed by atoms with E-state index in [1.807, 2.05) is 62.4 Å². The lowest BCUT2D eigenvalue weighted by atomic mass is 10.1. The Morgan fingerprint density at radius 1 is 1.16 bits per heavy atom. The van der Waals surface area contributed by atoms with Crippen molar-refractivity contribution in [1.29, 1.82) is 10.5 Å². The van der Waals surface area contributed by atoms with Crippen molar-refractivity contribution in [2.45, 2.75) is 26.9 Å². The van der Waals surface area contributed by atoms with Crippen LogP contribution < -0.4 is 10.2 Å². The van der Waals surface area contributed by atoms with Crippen molar-refractivity contribution in [3.05, 3.63) is 82.7 Å². The highest BCUT2D eigenvalue weighted by atomic mass is 16.5. The molecule has 154 valence electrons. The topological polar surface area (TPSA) is 103 Å². The van der Waals surface area contributed by atoms with Gasteiger partial charge in [0.25, 0.3) is 5.91 Å². The number of hydrazone groups is 1. The van der Waals surface area contributed by atoms with Gasteiger partial charge in [0.05, 0.1) is 23.9 Å². The van der Waals surface area contributed by atoms with Crippen molar-refractivity contribution in [3.8, 4) is 23.6 Å². The van der Waals surface area contributed by atoms with Gasteiger partial charge in [-0.25, -0.2) is 5.43 Å². The number of carbonyl (C=O) groups is 1. The molecule has 0 atom stereocenters. The minimum absolute atomic E-state index is 0.229. The fourth-order valence-electron chi connectivity index (χ4n) is 3.21. The predicted molar refractivity (Wildman–Crippen MR) is 117 cm³/mol. The Bertz CT molecular complexity index is 1190. The molecule has 0 aliphatic rings.